The van der Waals surface area contributed by atoms with Gasteiger partial charge in [-0.15, -0.1) is 0 Å². The number of hydrogen-bond donors (Lipinski definition) is 1. The van der Waals surface area contributed by atoms with E-state index in [1.807, 2.05) is 0 Å². The van der Waals surface area contributed by atoms with Gasteiger partial charge in [0.15, 0.2) is 0 Å². The van der Waals surface area contributed by atoms with Crippen molar-refractivity contribution in [2.75, 3.05) is 11.5 Å². The van der Waals surface area contributed by atoms with E-state index in [9.17, 15) is 27.9 Å². The molecule has 0 saturated heterocycles. The summed E-state index contributed by atoms with van der Waals surface area (Å²) in [5.74, 6) is -2.49. The molecule has 1 aliphatic heterocycles. The highest BCUT2D eigenvalue weighted by atomic mass is 19.4. The first-order valence-corrected chi connectivity index (χ1v) is 7.12. The van der Waals surface area contributed by atoms with Crippen LogP contribution in [-0.2, 0) is 15.7 Å². The smallest absolute Gasteiger partial charge is 0.416 e. The predicted octanol–water partition coefficient (Wildman–Crippen LogP) is 3.63. The molecule has 1 aromatic carbocycles. The average Bonchev–Trinajstić information content (AvgIpc) is 2.79. The minimum Gasteiger partial charge on any atom is -0.481 e. The highest BCUT2D eigenvalue weighted by Crippen LogP contribution is 2.45. The molecule has 1 amide bonds. The second kappa shape index (κ2) is 6.10. The lowest BCUT2D eigenvalue weighted by Gasteiger charge is -2.25. The first-order chi connectivity index (χ1) is 10.7. The summed E-state index contributed by atoms with van der Waals surface area (Å²) in [5.41, 5.74) is -0.814. The molecule has 2 rings (SSSR count). The first-order valence-electron chi connectivity index (χ1n) is 7.12. The number of ether oxygens (including phenoxy) is 1. The van der Waals surface area contributed by atoms with Gasteiger partial charge in [0.25, 0.3) is 0 Å². The summed E-state index contributed by atoms with van der Waals surface area (Å²) in [6, 6.07) is 1.98. The highest BCUT2D eigenvalue weighted by molar-refractivity contribution is 5.96. The molecule has 1 heterocycles. The number of aliphatic carboxylic acids is 1. The van der Waals surface area contributed by atoms with Crippen LogP contribution in [0.2, 0.25) is 0 Å². The number of hydrogen-bond acceptors (Lipinski definition) is 3. The van der Waals surface area contributed by atoms with Crippen molar-refractivity contribution in [2.24, 2.45) is 0 Å². The van der Waals surface area contributed by atoms with Gasteiger partial charge in [-0.2, -0.15) is 13.2 Å². The van der Waals surface area contributed by atoms with Crippen LogP contribution in [0.3, 0.4) is 0 Å². The van der Waals surface area contributed by atoms with Crippen molar-refractivity contribution in [1.29, 1.82) is 0 Å². The summed E-state index contributed by atoms with van der Waals surface area (Å²) in [6.45, 7) is 3.35. The Labute approximate surface area is 130 Å². The number of amides is 1. The van der Waals surface area contributed by atoms with Crippen molar-refractivity contribution in [1.82, 2.24) is 0 Å². The molecule has 0 fully saturated rings. The molecule has 8 heteroatoms. The Morgan fingerprint density at radius 1 is 1.30 bits per heavy atom. The maximum absolute atomic E-state index is 12.9. The lowest BCUT2D eigenvalue weighted by molar-refractivity contribution is -0.140. The number of rotatable bonds is 3. The third-order valence-corrected chi connectivity index (χ3v) is 3.81. The van der Waals surface area contributed by atoms with Gasteiger partial charge in [-0.05, 0) is 37.1 Å². The quantitative estimate of drug-likeness (QED) is 0.918. The number of halogens is 3. The van der Waals surface area contributed by atoms with E-state index in [4.69, 9.17) is 4.74 Å². The van der Waals surface area contributed by atoms with Crippen molar-refractivity contribution >= 4 is 17.7 Å². The lowest BCUT2D eigenvalue weighted by atomic mass is 9.92. The van der Waals surface area contributed by atoms with E-state index in [2.05, 4.69) is 0 Å². The molecular formula is C15H16F3NO4. The average molecular weight is 331 g/mol. The number of anilines is 1. The van der Waals surface area contributed by atoms with E-state index in [1.165, 1.54) is 0 Å². The SMILES string of the molecule is CCOC(=O)N1c2ccc(C(F)(F)F)cc2C(C(=O)O)C1CC. The molecule has 0 aromatic heterocycles. The highest BCUT2D eigenvalue weighted by Gasteiger charge is 2.46. The van der Waals surface area contributed by atoms with Gasteiger partial charge in [0, 0.05) is 0 Å². The van der Waals surface area contributed by atoms with Crippen molar-refractivity contribution in [3.05, 3.63) is 29.3 Å². The van der Waals surface area contributed by atoms with Crippen LogP contribution in [0.1, 0.15) is 37.3 Å². The first kappa shape index (κ1) is 17.1. The number of carbonyl (C=O) groups is 2. The Balaban J connectivity index is 2.59. The van der Waals surface area contributed by atoms with E-state index in [0.29, 0.717) is 0 Å². The summed E-state index contributed by atoms with van der Waals surface area (Å²) in [4.78, 5) is 24.8. The molecule has 0 bridgehead atoms. The fraction of sp³-hybridized carbons (Fsp3) is 0.467. The summed E-state index contributed by atoms with van der Waals surface area (Å²) in [6.07, 6.45) is -5.08. The molecule has 1 aliphatic rings. The summed E-state index contributed by atoms with van der Waals surface area (Å²) >= 11 is 0. The van der Waals surface area contributed by atoms with Crippen molar-refractivity contribution < 1.29 is 32.6 Å². The minimum absolute atomic E-state index is 0.0211. The number of carbonyl (C=O) groups excluding carboxylic acids is 1. The number of alkyl halides is 3. The fourth-order valence-corrected chi connectivity index (χ4v) is 2.88. The molecule has 1 aromatic rings. The van der Waals surface area contributed by atoms with Crippen LogP contribution in [0.4, 0.5) is 23.7 Å². The second-order valence-corrected chi connectivity index (χ2v) is 5.13. The molecule has 1 N–H and O–H groups in total. The molecule has 0 aliphatic carbocycles. The summed E-state index contributed by atoms with van der Waals surface area (Å²) in [7, 11) is 0. The van der Waals surface area contributed by atoms with Crippen LogP contribution in [0.25, 0.3) is 0 Å². The Morgan fingerprint density at radius 2 is 1.96 bits per heavy atom. The fourth-order valence-electron chi connectivity index (χ4n) is 2.88. The Bertz CT molecular complexity index is 630. The largest absolute Gasteiger partial charge is 0.481 e. The van der Waals surface area contributed by atoms with E-state index in [0.717, 1.165) is 23.1 Å². The second-order valence-electron chi connectivity index (χ2n) is 5.13. The van der Waals surface area contributed by atoms with Crippen molar-refractivity contribution in [3.63, 3.8) is 0 Å². The lowest BCUT2D eigenvalue weighted by Crippen LogP contribution is -2.41. The zero-order valence-electron chi connectivity index (χ0n) is 12.6. The van der Waals surface area contributed by atoms with E-state index < -0.39 is 35.8 Å². The van der Waals surface area contributed by atoms with Crippen LogP contribution in [0.5, 0.6) is 0 Å². The number of benzene rings is 1. The third-order valence-electron chi connectivity index (χ3n) is 3.81. The van der Waals surface area contributed by atoms with Gasteiger partial charge < -0.3 is 9.84 Å². The molecule has 2 unspecified atom stereocenters. The van der Waals surface area contributed by atoms with Crippen LogP contribution >= 0.6 is 0 Å². The molecule has 0 saturated carbocycles. The number of carboxylic acid groups (broad SMARTS) is 1. The van der Waals surface area contributed by atoms with Crippen molar-refractivity contribution in [3.8, 4) is 0 Å². The monoisotopic (exact) mass is 331 g/mol. The molecule has 23 heavy (non-hydrogen) atoms. The van der Waals surface area contributed by atoms with E-state index in [-0.39, 0.29) is 24.3 Å². The number of fused-ring (bicyclic) bond motifs is 1. The predicted molar refractivity (Wildman–Crippen MR) is 75.4 cm³/mol. The number of carboxylic acids is 1. The minimum atomic E-state index is -4.59. The molecular weight excluding hydrogens is 315 g/mol. The standard InChI is InChI=1S/C15H16F3NO4/c1-3-10-12(13(20)21)9-7-8(15(16,17)18)5-6-11(9)19(10)14(22)23-4-2/h5-7,10,12H,3-4H2,1-2H3,(H,20,21). The van der Waals surface area contributed by atoms with Gasteiger partial charge in [-0.1, -0.05) is 6.92 Å². The molecule has 0 radical (unpaired) electrons. The zero-order valence-corrected chi connectivity index (χ0v) is 12.6. The van der Waals surface area contributed by atoms with Gasteiger partial charge in [-0.3, -0.25) is 9.69 Å². The Hall–Kier alpha value is -2.25. The molecule has 0 spiro atoms. The van der Waals surface area contributed by atoms with Crippen molar-refractivity contribution in [2.45, 2.75) is 38.4 Å². The van der Waals surface area contributed by atoms with E-state index >= 15 is 0 Å². The van der Waals surface area contributed by atoms with Gasteiger partial charge >= 0.3 is 18.2 Å². The van der Waals surface area contributed by atoms with E-state index in [1.54, 1.807) is 13.8 Å². The summed E-state index contributed by atoms with van der Waals surface area (Å²) in [5, 5.41) is 9.42. The third kappa shape index (κ3) is 2.97. The topological polar surface area (TPSA) is 66.8 Å². The Morgan fingerprint density at radius 3 is 2.43 bits per heavy atom. The van der Waals surface area contributed by atoms with Gasteiger partial charge in [0.05, 0.1) is 23.9 Å². The normalized spacial score (nSPS) is 20.3. The molecule has 2 atom stereocenters. The Kier molecular flexibility index (Phi) is 4.53. The molecule has 5 nitrogen and oxygen atoms in total. The molecule has 126 valence electrons. The van der Waals surface area contributed by atoms with Gasteiger partial charge in [-0.25, -0.2) is 4.79 Å². The number of nitrogens with zero attached hydrogens (tertiary/aromatic N) is 1. The van der Waals surface area contributed by atoms with Gasteiger partial charge in [0.1, 0.15) is 5.92 Å². The van der Waals surface area contributed by atoms with Gasteiger partial charge in [0.2, 0.25) is 0 Å². The van der Waals surface area contributed by atoms with Crippen LogP contribution in [0, 0.1) is 0 Å². The maximum atomic E-state index is 12.9. The maximum Gasteiger partial charge on any atom is 0.416 e. The zero-order chi connectivity index (χ0) is 17.4. The van der Waals surface area contributed by atoms with Crippen LogP contribution in [0.15, 0.2) is 18.2 Å². The van der Waals surface area contributed by atoms with Crippen LogP contribution in [-0.4, -0.2) is 29.8 Å². The van der Waals surface area contributed by atoms with Crippen LogP contribution < -0.4 is 4.90 Å². The summed E-state index contributed by atoms with van der Waals surface area (Å²) < 4.78 is 43.6.